The second-order valence-electron chi connectivity index (χ2n) is 7.37. The molecule has 0 radical (unpaired) electrons. The number of guanidine groups is 1. The van der Waals surface area contributed by atoms with E-state index in [-0.39, 0.29) is 30.0 Å². The third kappa shape index (κ3) is 9.73. The van der Waals surface area contributed by atoms with Gasteiger partial charge in [0.2, 0.25) is 5.88 Å². The van der Waals surface area contributed by atoms with Crippen LogP contribution in [0.25, 0.3) is 0 Å². The molecule has 1 atom stereocenters. The lowest BCUT2D eigenvalue weighted by Gasteiger charge is -2.19. The molecular formula is C23H35IN4O3. The van der Waals surface area contributed by atoms with Gasteiger partial charge in [-0.1, -0.05) is 32.0 Å². The fourth-order valence-corrected chi connectivity index (χ4v) is 2.69. The summed E-state index contributed by atoms with van der Waals surface area (Å²) in [4.78, 5) is 8.64. The molecule has 0 aliphatic carbocycles. The topological polar surface area (TPSA) is 77.0 Å². The molecule has 0 aliphatic heterocycles. The maximum absolute atomic E-state index is 5.76. The first-order valence-corrected chi connectivity index (χ1v) is 10.3. The summed E-state index contributed by atoms with van der Waals surface area (Å²) in [5.74, 6) is 2.70. The highest BCUT2D eigenvalue weighted by molar-refractivity contribution is 14.0. The molecule has 0 bridgehead atoms. The Morgan fingerprint density at radius 1 is 1.06 bits per heavy atom. The fraction of sp³-hybridized carbons (Fsp3) is 0.478. The minimum Gasteiger partial charge on any atom is -0.493 e. The van der Waals surface area contributed by atoms with Gasteiger partial charge < -0.3 is 24.8 Å². The largest absolute Gasteiger partial charge is 0.493 e. The van der Waals surface area contributed by atoms with Crippen LogP contribution in [0.4, 0.5) is 0 Å². The number of aromatic nitrogens is 1. The summed E-state index contributed by atoms with van der Waals surface area (Å²) in [6, 6.07) is 12.1. The van der Waals surface area contributed by atoms with E-state index in [1.165, 1.54) is 0 Å². The smallest absolute Gasteiger partial charge is 0.218 e. The van der Waals surface area contributed by atoms with Gasteiger partial charge in [0.25, 0.3) is 0 Å². The first-order chi connectivity index (χ1) is 14.5. The second-order valence-corrected chi connectivity index (χ2v) is 7.37. The lowest BCUT2D eigenvalue weighted by Crippen LogP contribution is -2.38. The summed E-state index contributed by atoms with van der Waals surface area (Å²) in [6.45, 7) is 8.62. The molecule has 1 unspecified atom stereocenters. The predicted octanol–water partition coefficient (Wildman–Crippen LogP) is 4.19. The van der Waals surface area contributed by atoms with Gasteiger partial charge in [-0.3, -0.25) is 4.99 Å². The van der Waals surface area contributed by atoms with E-state index < -0.39 is 0 Å². The molecule has 172 valence electrons. The Labute approximate surface area is 203 Å². The summed E-state index contributed by atoms with van der Waals surface area (Å²) in [6.07, 6.45) is 1.72. The average molecular weight is 542 g/mol. The maximum atomic E-state index is 5.76. The van der Waals surface area contributed by atoms with Crippen LogP contribution in [0, 0.1) is 5.92 Å². The predicted molar refractivity (Wildman–Crippen MR) is 136 cm³/mol. The van der Waals surface area contributed by atoms with Crippen LogP contribution in [0.5, 0.6) is 11.6 Å². The quantitative estimate of drug-likeness (QED) is 0.192. The molecule has 0 spiro atoms. The zero-order valence-corrected chi connectivity index (χ0v) is 21.4. The first kappa shape index (κ1) is 27.0. The molecule has 7 nitrogen and oxygen atoms in total. The molecule has 8 heteroatoms. The summed E-state index contributed by atoms with van der Waals surface area (Å²) in [5.41, 5.74) is 2.11. The van der Waals surface area contributed by atoms with E-state index in [0.717, 1.165) is 23.5 Å². The van der Waals surface area contributed by atoms with Crippen molar-refractivity contribution in [2.75, 3.05) is 34.0 Å². The van der Waals surface area contributed by atoms with Crippen LogP contribution in [0.3, 0.4) is 0 Å². The monoisotopic (exact) mass is 542 g/mol. The number of nitrogens with zero attached hydrogens (tertiary/aromatic N) is 2. The Morgan fingerprint density at radius 2 is 1.81 bits per heavy atom. The highest BCUT2D eigenvalue weighted by atomic mass is 127. The van der Waals surface area contributed by atoms with Crippen molar-refractivity contribution in [1.29, 1.82) is 0 Å². The minimum atomic E-state index is 0. The van der Waals surface area contributed by atoms with Gasteiger partial charge >= 0.3 is 0 Å². The van der Waals surface area contributed by atoms with Crippen LogP contribution < -0.4 is 20.1 Å². The zero-order chi connectivity index (χ0) is 21.8. The summed E-state index contributed by atoms with van der Waals surface area (Å²) >= 11 is 0. The van der Waals surface area contributed by atoms with Crippen molar-refractivity contribution in [2.45, 2.75) is 33.4 Å². The molecule has 31 heavy (non-hydrogen) atoms. The van der Waals surface area contributed by atoms with Gasteiger partial charge in [-0.25, -0.2) is 4.98 Å². The Balaban J connectivity index is 0.00000480. The molecule has 0 amide bonds. The molecule has 1 heterocycles. The van der Waals surface area contributed by atoms with Gasteiger partial charge in [-0.15, -0.1) is 24.0 Å². The lowest BCUT2D eigenvalue weighted by atomic mass is 10.1. The lowest BCUT2D eigenvalue weighted by molar-refractivity contribution is 0.143. The molecular weight excluding hydrogens is 507 g/mol. The zero-order valence-electron chi connectivity index (χ0n) is 19.1. The van der Waals surface area contributed by atoms with E-state index in [4.69, 9.17) is 14.2 Å². The molecule has 2 aromatic rings. The normalized spacial score (nSPS) is 12.1. The number of rotatable bonds is 11. The Bertz CT molecular complexity index is 785. The van der Waals surface area contributed by atoms with E-state index in [2.05, 4.69) is 53.5 Å². The number of halogens is 1. The van der Waals surface area contributed by atoms with Crippen molar-refractivity contribution in [3.8, 4) is 11.6 Å². The van der Waals surface area contributed by atoms with Gasteiger partial charge in [-0.2, -0.15) is 0 Å². The van der Waals surface area contributed by atoms with Crippen LogP contribution in [0.15, 0.2) is 47.6 Å². The Morgan fingerprint density at radius 3 is 2.45 bits per heavy atom. The van der Waals surface area contributed by atoms with Crippen LogP contribution in [0.1, 0.15) is 37.9 Å². The minimum absolute atomic E-state index is 0. The van der Waals surface area contributed by atoms with Gasteiger partial charge in [-0.05, 0) is 36.6 Å². The van der Waals surface area contributed by atoms with Gasteiger partial charge in [0.15, 0.2) is 5.96 Å². The number of benzene rings is 1. The molecule has 1 aromatic heterocycles. The number of aliphatic imine (C=N–C) groups is 1. The first-order valence-electron chi connectivity index (χ1n) is 10.3. The molecule has 2 rings (SSSR count). The van der Waals surface area contributed by atoms with Crippen molar-refractivity contribution in [3.63, 3.8) is 0 Å². The average Bonchev–Trinajstić information content (AvgIpc) is 2.76. The van der Waals surface area contributed by atoms with E-state index in [1.807, 2.05) is 24.3 Å². The van der Waals surface area contributed by atoms with Gasteiger partial charge in [0.05, 0.1) is 19.3 Å². The van der Waals surface area contributed by atoms with E-state index >= 15 is 0 Å². The number of ether oxygens (including phenoxy) is 3. The van der Waals surface area contributed by atoms with Crippen molar-refractivity contribution in [2.24, 2.45) is 10.9 Å². The number of nitrogens with one attached hydrogen (secondary N) is 2. The Hall–Kier alpha value is -2.07. The molecule has 0 saturated heterocycles. The molecule has 0 aliphatic rings. The third-order valence-electron chi connectivity index (χ3n) is 4.36. The van der Waals surface area contributed by atoms with Crippen LogP contribution in [0.2, 0.25) is 0 Å². The summed E-state index contributed by atoms with van der Waals surface area (Å²) in [5, 5.41) is 6.74. The Kier molecular flexibility index (Phi) is 12.9. The van der Waals surface area contributed by atoms with Crippen molar-refractivity contribution >= 4 is 29.9 Å². The van der Waals surface area contributed by atoms with Crippen molar-refractivity contribution in [3.05, 3.63) is 53.7 Å². The van der Waals surface area contributed by atoms with E-state index in [1.54, 1.807) is 20.4 Å². The van der Waals surface area contributed by atoms with Crippen LogP contribution >= 0.6 is 24.0 Å². The summed E-state index contributed by atoms with van der Waals surface area (Å²) in [7, 11) is 3.40. The maximum Gasteiger partial charge on any atom is 0.218 e. The van der Waals surface area contributed by atoms with Crippen molar-refractivity contribution in [1.82, 2.24) is 15.6 Å². The molecule has 2 N–H and O–H groups in total. The van der Waals surface area contributed by atoms with E-state index in [0.29, 0.717) is 37.5 Å². The highest BCUT2D eigenvalue weighted by Crippen LogP contribution is 2.18. The van der Waals surface area contributed by atoms with Crippen molar-refractivity contribution < 1.29 is 14.2 Å². The van der Waals surface area contributed by atoms with Crippen LogP contribution in [-0.2, 0) is 11.3 Å². The van der Waals surface area contributed by atoms with Gasteiger partial charge in [0.1, 0.15) is 12.4 Å². The highest BCUT2D eigenvalue weighted by Gasteiger charge is 2.10. The number of hydrogen-bond donors (Lipinski definition) is 2. The third-order valence-corrected chi connectivity index (χ3v) is 4.36. The fourth-order valence-electron chi connectivity index (χ4n) is 2.69. The SMILES string of the molecule is CN=C(NCc1cccnc1OCCOC)NC(C)c1ccc(OCC(C)C)cc1.I. The molecule has 0 fully saturated rings. The van der Waals surface area contributed by atoms with E-state index in [9.17, 15) is 0 Å². The second kappa shape index (κ2) is 14.9. The van der Waals surface area contributed by atoms with Crippen LogP contribution in [-0.4, -0.2) is 44.9 Å². The number of methoxy groups -OCH3 is 1. The molecule has 0 saturated carbocycles. The van der Waals surface area contributed by atoms with Gasteiger partial charge in [0, 0.05) is 32.5 Å². The number of hydrogen-bond acceptors (Lipinski definition) is 5. The molecule has 1 aromatic carbocycles. The summed E-state index contributed by atoms with van der Waals surface area (Å²) < 4.78 is 16.5. The standard InChI is InChI=1S/C23H34N4O3.HI/c1-17(2)16-30-21-10-8-19(9-11-21)18(3)27-23(24-4)26-15-20-7-6-12-25-22(20)29-14-13-28-5;/h6-12,17-18H,13-16H2,1-5H3,(H2,24,26,27);1H. The number of pyridine rings is 1.